The van der Waals surface area contributed by atoms with Crippen LogP contribution >= 0.6 is 0 Å². The lowest BCUT2D eigenvalue weighted by molar-refractivity contribution is -0.221. The summed E-state index contributed by atoms with van der Waals surface area (Å²) in [7, 11) is 0. The van der Waals surface area contributed by atoms with Gasteiger partial charge < -0.3 is 15.0 Å². The van der Waals surface area contributed by atoms with Crippen molar-refractivity contribution >= 4 is 6.29 Å². The third-order valence-electron chi connectivity index (χ3n) is 6.84. The number of aliphatic hydroxyl groups is 2. The SMILES string of the molecule is CC1(C)CCCC2(C)C1CCC(C)(O)C2(C=O)CCO. The zero-order valence-corrected chi connectivity index (χ0v) is 13.4. The number of aldehydes is 1. The first-order valence-electron chi connectivity index (χ1n) is 7.96. The maximum Gasteiger partial charge on any atom is 0.129 e. The Balaban J connectivity index is 2.56. The molecule has 0 spiro atoms. The first kappa shape index (κ1) is 16.0. The van der Waals surface area contributed by atoms with Gasteiger partial charge in [-0.1, -0.05) is 27.2 Å². The van der Waals surface area contributed by atoms with Crippen molar-refractivity contribution in [2.45, 2.75) is 71.8 Å². The highest BCUT2D eigenvalue weighted by molar-refractivity contribution is 5.64. The predicted molar refractivity (Wildman–Crippen MR) is 79.3 cm³/mol. The minimum absolute atomic E-state index is 0.0440. The molecule has 2 aliphatic carbocycles. The van der Waals surface area contributed by atoms with E-state index in [9.17, 15) is 15.0 Å². The van der Waals surface area contributed by atoms with Gasteiger partial charge in [-0.2, -0.15) is 0 Å². The van der Waals surface area contributed by atoms with Crippen LogP contribution in [0.3, 0.4) is 0 Å². The molecule has 0 aromatic rings. The highest BCUT2D eigenvalue weighted by atomic mass is 16.3. The first-order chi connectivity index (χ1) is 9.17. The Bertz CT molecular complexity index is 388. The van der Waals surface area contributed by atoms with E-state index in [-0.39, 0.29) is 17.4 Å². The van der Waals surface area contributed by atoms with Gasteiger partial charge in [-0.25, -0.2) is 0 Å². The summed E-state index contributed by atoms with van der Waals surface area (Å²) in [5.74, 6) is 0.431. The Hall–Kier alpha value is -0.410. The maximum atomic E-state index is 12.1. The number of aliphatic hydroxyl groups excluding tert-OH is 1. The molecule has 3 nitrogen and oxygen atoms in total. The topological polar surface area (TPSA) is 57.5 Å². The Labute approximate surface area is 122 Å². The Kier molecular flexibility index (Phi) is 3.84. The second-order valence-corrected chi connectivity index (χ2v) is 8.19. The largest absolute Gasteiger partial charge is 0.396 e. The van der Waals surface area contributed by atoms with Crippen LogP contribution < -0.4 is 0 Å². The van der Waals surface area contributed by atoms with Crippen LogP contribution in [0.4, 0.5) is 0 Å². The zero-order chi connectivity index (χ0) is 15.2. The summed E-state index contributed by atoms with van der Waals surface area (Å²) in [5, 5.41) is 20.5. The molecule has 2 saturated carbocycles. The van der Waals surface area contributed by atoms with Gasteiger partial charge in [-0.05, 0) is 55.8 Å². The molecule has 0 amide bonds. The third-order valence-corrected chi connectivity index (χ3v) is 6.84. The summed E-state index contributed by atoms with van der Waals surface area (Å²) in [6, 6.07) is 0. The molecule has 0 bridgehead atoms. The van der Waals surface area contributed by atoms with Gasteiger partial charge in [0.2, 0.25) is 0 Å². The van der Waals surface area contributed by atoms with Gasteiger partial charge in [0.05, 0.1) is 11.0 Å². The van der Waals surface area contributed by atoms with Crippen molar-refractivity contribution < 1.29 is 15.0 Å². The van der Waals surface area contributed by atoms with Crippen molar-refractivity contribution in [3.05, 3.63) is 0 Å². The van der Waals surface area contributed by atoms with Gasteiger partial charge in [-0.3, -0.25) is 0 Å². The average Bonchev–Trinajstić information content (AvgIpc) is 2.32. The van der Waals surface area contributed by atoms with Crippen molar-refractivity contribution in [3.8, 4) is 0 Å². The third kappa shape index (κ3) is 1.89. The second-order valence-electron chi connectivity index (χ2n) is 8.19. The molecule has 116 valence electrons. The zero-order valence-electron chi connectivity index (χ0n) is 13.4. The fourth-order valence-electron chi connectivity index (χ4n) is 5.68. The number of rotatable bonds is 3. The van der Waals surface area contributed by atoms with E-state index in [0.29, 0.717) is 18.8 Å². The molecular weight excluding hydrogens is 252 g/mol. The predicted octanol–water partition coefficient (Wildman–Crippen LogP) is 2.93. The van der Waals surface area contributed by atoms with Crippen LogP contribution in [-0.2, 0) is 4.79 Å². The number of carbonyl (C=O) groups excluding carboxylic acids is 1. The maximum absolute atomic E-state index is 12.1. The van der Waals surface area contributed by atoms with Crippen LogP contribution in [0.2, 0.25) is 0 Å². The van der Waals surface area contributed by atoms with Gasteiger partial charge in [-0.15, -0.1) is 0 Å². The number of hydrogen-bond donors (Lipinski definition) is 2. The van der Waals surface area contributed by atoms with E-state index in [1.54, 1.807) is 6.92 Å². The van der Waals surface area contributed by atoms with Crippen LogP contribution in [-0.4, -0.2) is 28.7 Å². The Morgan fingerprint density at radius 2 is 1.80 bits per heavy atom. The lowest BCUT2D eigenvalue weighted by Crippen LogP contribution is -2.66. The highest BCUT2D eigenvalue weighted by Gasteiger charge is 2.66. The molecule has 0 aromatic heterocycles. The summed E-state index contributed by atoms with van der Waals surface area (Å²) in [6.07, 6.45) is 6.20. The van der Waals surface area contributed by atoms with Crippen molar-refractivity contribution in [3.63, 3.8) is 0 Å². The van der Waals surface area contributed by atoms with Crippen LogP contribution in [0.1, 0.15) is 66.2 Å². The van der Waals surface area contributed by atoms with Crippen molar-refractivity contribution in [1.82, 2.24) is 0 Å². The van der Waals surface area contributed by atoms with Gasteiger partial charge in [0, 0.05) is 6.61 Å². The van der Waals surface area contributed by atoms with E-state index in [1.807, 2.05) is 0 Å². The molecule has 3 heteroatoms. The summed E-state index contributed by atoms with van der Waals surface area (Å²) in [5.41, 5.74) is -1.86. The van der Waals surface area contributed by atoms with Crippen LogP contribution in [0.5, 0.6) is 0 Å². The van der Waals surface area contributed by atoms with Crippen LogP contribution in [0.15, 0.2) is 0 Å². The molecule has 2 rings (SSSR count). The Morgan fingerprint density at radius 1 is 1.15 bits per heavy atom. The minimum Gasteiger partial charge on any atom is -0.396 e. The highest BCUT2D eigenvalue weighted by Crippen LogP contribution is 2.67. The molecule has 0 aliphatic heterocycles. The molecule has 0 saturated heterocycles. The van der Waals surface area contributed by atoms with E-state index >= 15 is 0 Å². The molecule has 2 aliphatic rings. The molecule has 4 atom stereocenters. The van der Waals surface area contributed by atoms with Crippen molar-refractivity contribution in [2.24, 2.45) is 22.2 Å². The van der Waals surface area contributed by atoms with Gasteiger partial charge in [0.25, 0.3) is 0 Å². The summed E-state index contributed by atoms with van der Waals surface area (Å²) in [4.78, 5) is 12.1. The van der Waals surface area contributed by atoms with Gasteiger partial charge in [0.1, 0.15) is 6.29 Å². The quantitative estimate of drug-likeness (QED) is 0.783. The van der Waals surface area contributed by atoms with E-state index in [0.717, 1.165) is 25.5 Å². The molecule has 2 N–H and O–H groups in total. The van der Waals surface area contributed by atoms with Gasteiger partial charge in [0.15, 0.2) is 0 Å². The standard InChI is InChI=1S/C17H30O3/c1-14(2)7-5-8-15(3)13(14)6-9-16(4,20)17(15,12-19)10-11-18/h12-13,18,20H,5-11H2,1-4H3. The van der Waals surface area contributed by atoms with E-state index in [1.165, 1.54) is 6.42 Å². The lowest BCUT2D eigenvalue weighted by Gasteiger charge is -2.65. The fourth-order valence-corrected chi connectivity index (χ4v) is 5.68. The molecular formula is C17H30O3. The number of fused-ring (bicyclic) bond motifs is 1. The van der Waals surface area contributed by atoms with Crippen molar-refractivity contribution in [2.75, 3.05) is 6.61 Å². The van der Waals surface area contributed by atoms with Crippen LogP contribution in [0.25, 0.3) is 0 Å². The normalized spacial score (nSPS) is 47.6. The number of carbonyl (C=O) groups is 1. The molecule has 20 heavy (non-hydrogen) atoms. The molecule has 0 aromatic carbocycles. The van der Waals surface area contributed by atoms with E-state index in [4.69, 9.17) is 0 Å². The monoisotopic (exact) mass is 282 g/mol. The first-order valence-corrected chi connectivity index (χ1v) is 7.96. The number of hydrogen-bond acceptors (Lipinski definition) is 3. The summed E-state index contributed by atoms with van der Waals surface area (Å²) in [6.45, 7) is 8.52. The Morgan fingerprint density at radius 3 is 2.35 bits per heavy atom. The fraction of sp³-hybridized carbons (Fsp3) is 0.941. The average molecular weight is 282 g/mol. The van der Waals surface area contributed by atoms with E-state index < -0.39 is 11.0 Å². The molecule has 0 radical (unpaired) electrons. The van der Waals surface area contributed by atoms with Crippen molar-refractivity contribution in [1.29, 1.82) is 0 Å². The smallest absolute Gasteiger partial charge is 0.129 e. The minimum atomic E-state index is -1.02. The molecule has 2 fully saturated rings. The molecule has 0 heterocycles. The van der Waals surface area contributed by atoms with Gasteiger partial charge >= 0.3 is 0 Å². The second kappa shape index (κ2) is 4.81. The van der Waals surface area contributed by atoms with Crippen LogP contribution in [0, 0.1) is 22.2 Å². The summed E-state index contributed by atoms with van der Waals surface area (Å²) < 4.78 is 0. The molecule has 4 unspecified atom stereocenters. The van der Waals surface area contributed by atoms with E-state index in [2.05, 4.69) is 20.8 Å². The lowest BCUT2D eigenvalue weighted by atomic mass is 9.39. The summed E-state index contributed by atoms with van der Waals surface area (Å²) >= 11 is 0.